The van der Waals surface area contributed by atoms with Crippen molar-refractivity contribution in [3.63, 3.8) is 0 Å². The molecule has 162 valence electrons. The van der Waals surface area contributed by atoms with Crippen molar-refractivity contribution in [3.05, 3.63) is 70.1 Å². The number of nitrogens with zero attached hydrogens (tertiary/aromatic N) is 3. The van der Waals surface area contributed by atoms with Crippen LogP contribution in [-0.4, -0.2) is 34.1 Å². The van der Waals surface area contributed by atoms with E-state index in [-0.39, 0.29) is 18.0 Å². The summed E-state index contributed by atoms with van der Waals surface area (Å²) in [5, 5.41) is 20.5. The van der Waals surface area contributed by atoms with Gasteiger partial charge in [0.2, 0.25) is 17.6 Å². The van der Waals surface area contributed by atoms with E-state index in [1.165, 1.54) is 17.7 Å². The molecule has 0 unspecified atom stereocenters. The van der Waals surface area contributed by atoms with Crippen molar-refractivity contribution in [2.75, 3.05) is 18.4 Å². The molecule has 9 nitrogen and oxygen atoms in total. The van der Waals surface area contributed by atoms with E-state index in [9.17, 15) is 14.9 Å². The van der Waals surface area contributed by atoms with E-state index >= 15 is 0 Å². The first kappa shape index (κ1) is 21.9. The molecule has 0 saturated heterocycles. The summed E-state index contributed by atoms with van der Waals surface area (Å²) in [4.78, 5) is 26.6. The molecule has 1 amide bonds. The monoisotopic (exact) mass is 423 g/mol. The van der Waals surface area contributed by atoms with Crippen molar-refractivity contribution in [2.24, 2.45) is 0 Å². The van der Waals surface area contributed by atoms with E-state index in [2.05, 4.69) is 34.6 Å². The minimum Gasteiger partial charge on any atom is -0.383 e. The highest BCUT2D eigenvalue weighted by Crippen LogP contribution is 2.20. The minimum atomic E-state index is -0.446. The molecule has 0 aliphatic heterocycles. The molecule has 0 saturated carbocycles. The number of nitro groups is 1. The Morgan fingerprint density at radius 2 is 1.81 bits per heavy atom. The van der Waals surface area contributed by atoms with Gasteiger partial charge in [0.1, 0.15) is 0 Å². The van der Waals surface area contributed by atoms with Crippen molar-refractivity contribution < 1.29 is 14.2 Å². The number of hydrogen-bond donors (Lipinski definition) is 2. The van der Waals surface area contributed by atoms with Crippen LogP contribution in [0.3, 0.4) is 0 Å². The van der Waals surface area contributed by atoms with Gasteiger partial charge in [-0.1, -0.05) is 43.3 Å². The van der Waals surface area contributed by atoms with Crippen molar-refractivity contribution in [2.45, 2.75) is 32.6 Å². The zero-order chi connectivity index (χ0) is 22.2. The summed E-state index contributed by atoms with van der Waals surface area (Å²) in [5.41, 5.74) is 2.91. The van der Waals surface area contributed by atoms with Crippen LogP contribution in [0, 0.1) is 10.1 Å². The molecule has 0 fully saturated rings. The number of benzene rings is 2. The highest BCUT2D eigenvalue weighted by atomic mass is 16.6. The number of anilines is 1. The smallest absolute Gasteiger partial charge is 0.269 e. The number of carbonyl (C=O) groups is 1. The van der Waals surface area contributed by atoms with Gasteiger partial charge in [0.25, 0.3) is 5.69 Å². The number of nitrogens with one attached hydrogen (secondary N) is 2. The lowest BCUT2D eigenvalue weighted by atomic mass is 10.0. The Morgan fingerprint density at radius 1 is 1.10 bits per heavy atom. The molecular formula is C22H25N5O4. The number of carbonyl (C=O) groups excluding carboxylic acids is 1. The van der Waals surface area contributed by atoms with Crippen LogP contribution < -0.4 is 10.6 Å². The molecule has 3 aromatic rings. The zero-order valence-electron chi connectivity index (χ0n) is 17.5. The largest absolute Gasteiger partial charge is 0.383 e. The lowest BCUT2D eigenvalue weighted by Crippen LogP contribution is -2.28. The number of rotatable bonds is 10. The van der Waals surface area contributed by atoms with Crippen molar-refractivity contribution in [1.82, 2.24) is 15.5 Å². The molecule has 0 aliphatic rings. The second-order valence-corrected chi connectivity index (χ2v) is 7.37. The van der Waals surface area contributed by atoms with Crippen molar-refractivity contribution in [1.29, 1.82) is 0 Å². The Kier molecular flexibility index (Phi) is 7.31. The standard InChI is InChI=1S/C22H25N5O4/c1-15(2)16-3-5-17(6-4-16)22-25-21(31-26-22)12-11-20(28)24-14-13-23-18-7-9-19(10-8-18)27(29)30/h3-10,15,23H,11-14H2,1-2H3,(H,24,28). The maximum atomic E-state index is 12.0. The van der Waals surface area contributed by atoms with E-state index in [1.807, 2.05) is 24.3 Å². The average molecular weight is 423 g/mol. The molecular weight excluding hydrogens is 398 g/mol. The summed E-state index contributed by atoms with van der Waals surface area (Å²) in [6.45, 7) is 5.20. The first-order valence-electron chi connectivity index (χ1n) is 10.1. The first-order chi connectivity index (χ1) is 14.9. The summed E-state index contributed by atoms with van der Waals surface area (Å²) < 4.78 is 5.26. The third-order valence-electron chi connectivity index (χ3n) is 4.72. The normalized spacial score (nSPS) is 10.8. The predicted octanol–water partition coefficient (Wildman–Crippen LogP) is 3.93. The van der Waals surface area contributed by atoms with E-state index < -0.39 is 4.92 Å². The van der Waals surface area contributed by atoms with Crippen LogP contribution in [0.4, 0.5) is 11.4 Å². The molecule has 0 spiro atoms. The van der Waals surface area contributed by atoms with Crippen LogP contribution in [0.25, 0.3) is 11.4 Å². The summed E-state index contributed by atoms with van der Waals surface area (Å²) in [6.07, 6.45) is 0.601. The lowest BCUT2D eigenvalue weighted by Gasteiger charge is -2.07. The van der Waals surface area contributed by atoms with Crippen molar-refractivity contribution >= 4 is 17.3 Å². The molecule has 0 atom stereocenters. The van der Waals surface area contributed by atoms with Gasteiger partial charge >= 0.3 is 0 Å². The van der Waals surface area contributed by atoms with E-state index in [1.54, 1.807) is 12.1 Å². The summed E-state index contributed by atoms with van der Waals surface area (Å²) in [6, 6.07) is 14.1. The fourth-order valence-electron chi connectivity index (χ4n) is 2.91. The van der Waals surface area contributed by atoms with Gasteiger partial charge in [0.15, 0.2) is 0 Å². The van der Waals surface area contributed by atoms with Crippen LogP contribution in [-0.2, 0) is 11.2 Å². The molecule has 1 aromatic heterocycles. The molecule has 0 aliphatic carbocycles. The molecule has 3 rings (SSSR count). The zero-order valence-corrected chi connectivity index (χ0v) is 17.5. The number of non-ortho nitro benzene ring substituents is 1. The third-order valence-corrected chi connectivity index (χ3v) is 4.72. The van der Waals surface area contributed by atoms with Gasteiger partial charge in [0.05, 0.1) is 4.92 Å². The Bertz CT molecular complexity index is 1010. The molecule has 1 heterocycles. The first-order valence-corrected chi connectivity index (χ1v) is 10.1. The summed E-state index contributed by atoms with van der Waals surface area (Å²) in [5.74, 6) is 1.27. The maximum Gasteiger partial charge on any atom is 0.269 e. The summed E-state index contributed by atoms with van der Waals surface area (Å²) >= 11 is 0. The van der Waals surface area contributed by atoms with Crippen molar-refractivity contribution in [3.8, 4) is 11.4 Å². The average Bonchev–Trinajstić information content (AvgIpc) is 3.25. The number of amides is 1. The number of nitro benzene ring substituents is 1. The van der Waals surface area contributed by atoms with Gasteiger partial charge in [-0.3, -0.25) is 14.9 Å². The van der Waals surface area contributed by atoms with Gasteiger partial charge in [-0.05, 0) is 23.6 Å². The van der Waals surface area contributed by atoms with Gasteiger partial charge in [0, 0.05) is 49.3 Å². The second-order valence-electron chi connectivity index (χ2n) is 7.37. The highest BCUT2D eigenvalue weighted by molar-refractivity contribution is 5.76. The van der Waals surface area contributed by atoms with Crippen LogP contribution in [0.2, 0.25) is 0 Å². The Hall–Kier alpha value is -3.75. The number of hydrogen-bond acceptors (Lipinski definition) is 7. The van der Waals surface area contributed by atoms with Gasteiger partial charge in [-0.25, -0.2) is 0 Å². The fourth-order valence-corrected chi connectivity index (χ4v) is 2.91. The third kappa shape index (κ3) is 6.36. The quantitative estimate of drug-likeness (QED) is 0.288. The van der Waals surface area contributed by atoms with Crippen LogP contribution in [0.5, 0.6) is 0 Å². The van der Waals surface area contributed by atoms with Gasteiger partial charge in [-0.2, -0.15) is 4.98 Å². The molecule has 0 radical (unpaired) electrons. The fraction of sp³-hybridized carbons (Fsp3) is 0.318. The van der Waals surface area contributed by atoms with E-state index in [0.717, 1.165) is 11.3 Å². The minimum absolute atomic E-state index is 0.0376. The van der Waals surface area contributed by atoms with Crippen LogP contribution in [0.15, 0.2) is 53.1 Å². The van der Waals surface area contributed by atoms with Crippen LogP contribution in [0.1, 0.15) is 37.6 Å². The van der Waals surface area contributed by atoms with E-state index in [4.69, 9.17) is 4.52 Å². The second kappa shape index (κ2) is 10.3. The Balaban J connectivity index is 1.38. The van der Waals surface area contributed by atoms with Crippen LogP contribution >= 0.6 is 0 Å². The number of aromatic nitrogens is 2. The molecule has 9 heteroatoms. The SMILES string of the molecule is CC(C)c1ccc(-c2noc(CCC(=O)NCCNc3ccc([N+](=O)[O-])cc3)n2)cc1. The Morgan fingerprint density at radius 3 is 2.45 bits per heavy atom. The van der Waals surface area contributed by atoms with Gasteiger partial charge < -0.3 is 15.2 Å². The lowest BCUT2D eigenvalue weighted by molar-refractivity contribution is -0.384. The topological polar surface area (TPSA) is 123 Å². The van der Waals surface area contributed by atoms with Gasteiger partial charge in [-0.15, -0.1) is 0 Å². The summed E-state index contributed by atoms with van der Waals surface area (Å²) in [7, 11) is 0. The molecule has 0 bridgehead atoms. The predicted molar refractivity (Wildman–Crippen MR) is 117 cm³/mol. The molecule has 31 heavy (non-hydrogen) atoms. The number of aryl methyl sites for hydroxylation is 1. The molecule has 2 aromatic carbocycles. The Labute approximate surface area is 180 Å². The molecule has 2 N–H and O–H groups in total. The van der Waals surface area contributed by atoms with E-state index in [0.29, 0.717) is 37.1 Å². The maximum absolute atomic E-state index is 12.0. The highest BCUT2D eigenvalue weighted by Gasteiger charge is 2.11.